The first-order chi connectivity index (χ1) is 6.49. The van der Waals surface area contributed by atoms with E-state index in [-0.39, 0.29) is 5.92 Å². The van der Waals surface area contributed by atoms with E-state index < -0.39 is 16.3 Å². The van der Waals surface area contributed by atoms with E-state index in [0.717, 1.165) is 11.4 Å². The number of nitrogens with zero attached hydrogens (tertiary/aromatic N) is 1. The van der Waals surface area contributed by atoms with Crippen molar-refractivity contribution in [3.8, 4) is 0 Å². The number of carbonyl (C=O) groups excluding carboxylic acids is 1. The molecule has 1 saturated heterocycles. The average Bonchev–Trinajstić information content (AvgIpc) is 2.00. The van der Waals surface area contributed by atoms with Crippen LogP contribution in [0.25, 0.3) is 0 Å². The van der Waals surface area contributed by atoms with Crippen molar-refractivity contribution >= 4 is 16.3 Å². The molecule has 0 unspecified atom stereocenters. The number of nitrogens with one attached hydrogen (secondary N) is 1. The Morgan fingerprint density at radius 2 is 2.21 bits per heavy atom. The fourth-order valence-corrected chi connectivity index (χ4v) is 2.32. The Morgan fingerprint density at radius 1 is 1.64 bits per heavy atom. The molecular formula is C6H13N3O4S. The van der Waals surface area contributed by atoms with Crippen molar-refractivity contribution < 1.29 is 17.9 Å². The number of hydrogen-bond donors (Lipinski definition) is 2. The minimum Gasteiger partial charge on any atom is -0.452 e. The summed E-state index contributed by atoms with van der Waals surface area (Å²) in [5, 5.41) is 0. The van der Waals surface area contributed by atoms with Crippen LogP contribution in [0.15, 0.2) is 0 Å². The fraction of sp³-hybridized carbons (Fsp3) is 0.833. The molecule has 1 aliphatic rings. The van der Waals surface area contributed by atoms with Gasteiger partial charge in [0.05, 0.1) is 7.11 Å². The predicted octanol–water partition coefficient (Wildman–Crippen LogP) is -1.52. The van der Waals surface area contributed by atoms with Gasteiger partial charge in [-0.05, 0) is 12.5 Å². The number of methoxy groups -OCH3 is 1. The number of ether oxygens (including phenoxy) is 1. The Morgan fingerprint density at radius 3 is 2.64 bits per heavy atom. The quantitative estimate of drug-likeness (QED) is 0.605. The third kappa shape index (κ3) is 2.34. The summed E-state index contributed by atoms with van der Waals surface area (Å²) in [5.41, 5.74) is 5.33. The summed E-state index contributed by atoms with van der Waals surface area (Å²) in [7, 11) is -2.62. The number of hydrogen-bond acceptors (Lipinski definition) is 5. The summed E-state index contributed by atoms with van der Waals surface area (Å²) in [6.07, 6.45) is -0.985. The maximum absolute atomic E-state index is 11.3. The van der Waals surface area contributed by atoms with E-state index in [1.807, 2.05) is 0 Å². The zero-order chi connectivity index (χ0) is 10.8. The Bertz CT molecular complexity index is 309. The van der Waals surface area contributed by atoms with Gasteiger partial charge in [-0.25, -0.2) is 9.52 Å². The van der Waals surface area contributed by atoms with Gasteiger partial charge in [-0.15, -0.1) is 0 Å². The second kappa shape index (κ2) is 4.11. The van der Waals surface area contributed by atoms with Gasteiger partial charge in [-0.1, -0.05) is 0 Å². The van der Waals surface area contributed by atoms with E-state index in [9.17, 15) is 13.2 Å². The zero-order valence-corrected chi connectivity index (χ0v) is 8.58. The van der Waals surface area contributed by atoms with E-state index in [1.165, 1.54) is 0 Å². The van der Waals surface area contributed by atoms with Crippen LogP contribution in [0, 0.1) is 5.92 Å². The molecule has 1 rings (SSSR count). The minimum absolute atomic E-state index is 0.184. The van der Waals surface area contributed by atoms with Gasteiger partial charge >= 0.3 is 16.3 Å². The molecular weight excluding hydrogens is 210 g/mol. The first-order valence-corrected chi connectivity index (χ1v) is 5.49. The molecule has 1 aliphatic heterocycles. The first-order valence-electron chi connectivity index (χ1n) is 4.05. The Balaban J connectivity index is 2.48. The summed E-state index contributed by atoms with van der Waals surface area (Å²) in [6, 6.07) is 0. The highest BCUT2D eigenvalue weighted by Gasteiger charge is 2.35. The number of nitrogens with two attached hydrogens (primary N) is 1. The van der Waals surface area contributed by atoms with Crippen molar-refractivity contribution in [2.45, 2.75) is 0 Å². The van der Waals surface area contributed by atoms with Gasteiger partial charge in [-0.2, -0.15) is 12.7 Å². The second-order valence-electron chi connectivity index (χ2n) is 3.02. The van der Waals surface area contributed by atoms with Gasteiger partial charge < -0.3 is 10.5 Å². The lowest BCUT2D eigenvalue weighted by molar-refractivity contribution is 0.172. The highest BCUT2D eigenvalue weighted by atomic mass is 32.2. The van der Waals surface area contributed by atoms with Crippen LogP contribution in [0.1, 0.15) is 0 Å². The van der Waals surface area contributed by atoms with E-state index >= 15 is 0 Å². The Hall–Kier alpha value is -0.860. The third-order valence-electron chi connectivity index (χ3n) is 1.99. The molecule has 7 nitrogen and oxygen atoms in total. The summed E-state index contributed by atoms with van der Waals surface area (Å²) in [6.45, 7) is 1.15. The highest BCUT2D eigenvalue weighted by molar-refractivity contribution is 7.87. The van der Waals surface area contributed by atoms with Crippen molar-refractivity contribution in [1.82, 2.24) is 9.03 Å². The number of amides is 1. The molecule has 14 heavy (non-hydrogen) atoms. The molecule has 82 valence electrons. The standard InChI is InChI=1S/C6H13N3O4S/c1-13-6(10)8-14(11,12)9-3-5(2-7)4-9/h5H,2-4,7H2,1H3,(H,8,10). The van der Waals surface area contributed by atoms with Crippen LogP contribution in [0.2, 0.25) is 0 Å². The lowest BCUT2D eigenvalue weighted by atomic mass is 10.0. The zero-order valence-electron chi connectivity index (χ0n) is 7.76. The van der Waals surface area contributed by atoms with Gasteiger partial charge in [0.1, 0.15) is 0 Å². The molecule has 0 atom stereocenters. The minimum atomic E-state index is -3.72. The normalized spacial score (nSPS) is 18.7. The molecule has 0 aromatic heterocycles. The fourth-order valence-electron chi connectivity index (χ4n) is 1.08. The Labute approximate surface area is 82.4 Å². The SMILES string of the molecule is COC(=O)NS(=O)(=O)N1CC(CN)C1. The van der Waals surface area contributed by atoms with Crippen molar-refractivity contribution in [3.63, 3.8) is 0 Å². The third-order valence-corrected chi connectivity index (χ3v) is 3.40. The smallest absolute Gasteiger partial charge is 0.421 e. The molecule has 0 saturated carbocycles. The summed E-state index contributed by atoms with van der Waals surface area (Å²) >= 11 is 0. The topological polar surface area (TPSA) is 102 Å². The van der Waals surface area contributed by atoms with E-state index in [4.69, 9.17) is 5.73 Å². The molecule has 8 heteroatoms. The molecule has 0 spiro atoms. The predicted molar refractivity (Wildman–Crippen MR) is 48.6 cm³/mol. The van der Waals surface area contributed by atoms with Gasteiger partial charge in [-0.3, -0.25) is 0 Å². The maximum atomic E-state index is 11.3. The molecule has 1 amide bonds. The van der Waals surface area contributed by atoms with E-state index in [0.29, 0.717) is 19.6 Å². The molecule has 0 bridgehead atoms. The molecule has 1 heterocycles. The largest absolute Gasteiger partial charge is 0.452 e. The van der Waals surface area contributed by atoms with Crippen LogP contribution in [0.5, 0.6) is 0 Å². The first kappa shape index (κ1) is 11.2. The van der Waals surface area contributed by atoms with Gasteiger partial charge in [0, 0.05) is 13.1 Å². The summed E-state index contributed by atoms with van der Waals surface area (Å²) in [4.78, 5) is 10.7. The molecule has 0 aromatic carbocycles. The number of rotatable bonds is 3. The second-order valence-corrected chi connectivity index (χ2v) is 4.69. The van der Waals surface area contributed by atoms with Crippen molar-refractivity contribution in [2.24, 2.45) is 11.7 Å². The van der Waals surface area contributed by atoms with Crippen LogP contribution in [0.3, 0.4) is 0 Å². The van der Waals surface area contributed by atoms with Crippen LogP contribution in [-0.2, 0) is 14.9 Å². The highest BCUT2D eigenvalue weighted by Crippen LogP contribution is 2.16. The molecule has 3 N–H and O–H groups in total. The number of carbonyl (C=O) groups is 1. The molecule has 0 aliphatic carbocycles. The van der Waals surface area contributed by atoms with Crippen molar-refractivity contribution in [3.05, 3.63) is 0 Å². The van der Waals surface area contributed by atoms with E-state index in [1.54, 1.807) is 4.72 Å². The van der Waals surface area contributed by atoms with Crippen LogP contribution >= 0.6 is 0 Å². The van der Waals surface area contributed by atoms with Crippen molar-refractivity contribution in [2.75, 3.05) is 26.7 Å². The maximum Gasteiger partial charge on any atom is 0.421 e. The molecule has 1 fully saturated rings. The van der Waals surface area contributed by atoms with Crippen LogP contribution < -0.4 is 10.5 Å². The van der Waals surface area contributed by atoms with E-state index in [2.05, 4.69) is 4.74 Å². The summed E-state index contributed by atoms with van der Waals surface area (Å²) < 4.78 is 29.7. The lowest BCUT2D eigenvalue weighted by Crippen LogP contribution is -2.56. The lowest BCUT2D eigenvalue weighted by Gasteiger charge is -2.36. The van der Waals surface area contributed by atoms with Gasteiger partial charge in [0.25, 0.3) is 0 Å². The summed E-state index contributed by atoms with van der Waals surface area (Å²) in [5.74, 6) is 0.184. The van der Waals surface area contributed by atoms with Crippen LogP contribution in [0.4, 0.5) is 4.79 Å². The molecule has 0 aromatic rings. The Kier molecular flexibility index (Phi) is 3.29. The van der Waals surface area contributed by atoms with Gasteiger partial charge in [0.15, 0.2) is 0 Å². The average molecular weight is 223 g/mol. The van der Waals surface area contributed by atoms with Crippen molar-refractivity contribution in [1.29, 1.82) is 0 Å². The van der Waals surface area contributed by atoms with Gasteiger partial charge in [0.2, 0.25) is 0 Å². The van der Waals surface area contributed by atoms with Crippen LogP contribution in [-0.4, -0.2) is 45.6 Å². The molecule has 0 radical (unpaired) electrons. The monoisotopic (exact) mass is 223 g/mol.